The van der Waals surface area contributed by atoms with Crippen LogP contribution in [0.3, 0.4) is 0 Å². The van der Waals surface area contributed by atoms with E-state index in [1.807, 2.05) is 43.5 Å². The molecule has 1 heterocycles. The number of nitrogens with zero attached hydrogens (tertiary/aromatic N) is 1. The Morgan fingerprint density at radius 3 is 2.56 bits per heavy atom. The quantitative estimate of drug-likeness (QED) is 0.466. The summed E-state index contributed by atoms with van der Waals surface area (Å²) in [4.78, 5) is 4.57. The van der Waals surface area contributed by atoms with Crippen molar-refractivity contribution in [1.82, 2.24) is 4.98 Å². The van der Waals surface area contributed by atoms with E-state index in [1.165, 1.54) is 23.5 Å². The number of ether oxygens (including phenoxy) is 2. The fourth-order valence-electron chi connectivity index (χ4n) is 2.47. The van der Waals surface area contributed by atoms with Crippen molar-refractivity contribution in [3.8, 4) is 22.8 Å². The lowest BCUT2D eigenvalue weighted by molar-refractivity contribution is 0.230. The maximum absolute atomic E-state index is 13.0. The van der Waals surface area contributed by atoms with Crippen molar-refractivity contribution in [3.63, 3.8) is 0 Å². The Bertz CT molecular complexity index is 951. The molecule has 0 N–H and O–H groups in total. The molecule has 3 nitrogen and oxygen atoms in total. The zero-order valence-electron chi connectivity index (χ0n) is 15.2. The van der Waals surface area contributed by atoms with E-state index in [9.17, 15) is 4.39 Å². The minimum atomic E-state index is -0.259. The lowest BCUT2D eigenvalue weighted by atomic mass is 10.1. The van der Waals surface area contributed by atoms with Gasteiger partial charge in [-0.2, -0.15) is 0 Å². The average molecular weight is 404 g/mol. The third-order valence-electron chi connectivity index (χ3n) is 3.69. The normalized spacial score (nSPS) is 11.3. The molecule has 1 aromatic heterocycles. The molecule has 0 saturated heterocycles. The van der Waals surface area contributed by atoms with Crippen molar-refractivity contribution in [3.05, 3.63) is 63.2 Å². The molecule has 3 aromatic rings. The summed E-state index contributed by atoms with van der Waals surface area (Å²) >= 11 is 7.87. The minimum Gasteiger partial charge on any atom is -0.493 e. The molecule has 0 aliphatic carbocycles. The zero-order valence-corrected chi connectivity index (χ0v) is 16.8. The molecule has 0 atom stereocenters. The fraction of sp³-hybridized carbons (Fsp3) is 0.190. The first-order valence-corrected chi connectivity index (χ1v) is 9.65. The third kappa shape index (κ3) is 4.87. The van der Waals surface area contributed by atoms with Crippen LogP contribution in [0.4, 0.5) is 4.39 Å². The van der Waals surface area contributed by atoms with Crippen molar-refractivity contribution in [2.75, 3.05) is 7.11 Å². The molecule has 0 radical (unpaired) electrons. The summed E-state index contributed by atoms with van der Waals surface area (Å²) in [6.45, 7) is 3.87. The maximum Gasteiger partial charge on any atom is 0.180 e. The summed E-state index contributed by atoms with van der Waals surface area (Å²) in [5.74, 6) is 0.867. The minimum absolute atomic E-state index is 0.00186. The first-order chi connectivity index (χ1) is 13.0. The van der Waals surface area contributed by atoms with Gasteiger partial charge in [0.1, 0.15) is 10.8 Å². The molecule has 0 amide bonds. The van der Waals surface area contributed by atoms with Crippen LogP contribution in [0.15, 0.2) is 41.8 Å². The Morgan fingerprint density at radius 2 is 1.89 bits per heavy atom. The lowest BCUT2D eigenvalue weighted by Crippen LogP contribution is -2.07. The smallest absolute Gasteiger partial charge is 0.180 e. The van der Waals surface area contributed by atoms with Gasteiger partial charge in [-0.3, -0.25) is 0 Å². The van der Waals surface area contributed by atoms with Crippen molar-refractivity contribution in [1.29, 1.82) is 0 Å². The Balaban J connectivity index is 1.82. The molecule has 0 aliphatic rings. The van der Waals surface area contributed by atoms with Crippen molar-refractivity contribution in [2.45, 2.75) is 20.0 Å². The summed E-state index contributed by atoms with van der Waals surface area (Å²) in [5.41, 5.74) is 2.58. The van der Waals surface area contributed by atoms with Gasteiger partial charge in [0.15, 0.2) is 11.5 Å². The van der Waals surface area contributed by atoms with Crippen molar-refractivity contribution >= 4 is 35.1 Å². The van der Waals surface area contributed by atoms with E-state index in [-0.39, 0.29) is 11.9 Å². The van der Waals surface area contributed by atoms with E-state index in [2.05, 4.69) is 4.98 Å². The van der Waals surface area contributed by atoms with Crippen molar-refractivity contribution in [2.24, 2.45) is 0 Å². The lowest BCUT2D eigenvalue weighted by Gasteiger charge is -2.15. The van der Waals surface area contributed by atoms with Crippen LogP contribution in [0.25, 0.3) is 23.4 Å². The van der Waals surface area contributed by atoms with Gasteiger partial charge >= 0.3 is 0 Å². The zero-order chi connectivity index (χ0) is 19.4. The standard InChI is InChI=1S/C21H19ClFNO2S/c1-13(2)26-21-17(22)10-14(11-19(21)25-3)4-9-20-24-18(12-27-20)15-5-7-16(23)8-6-15/h4-13H,1-3H3. The number of rotatable bonds is 6. The van der Waals surface area contributed by atoms with Gasteiger partial charge in [0.25, 0.3) is 0 Å². The van der Waals surface area contributed by atoms with Crippen LogP contribution in [-0.2, 0) is 0 Å². The first kappa shape index (κ1) is 19.4. The maximum atomic E-state index is 13.0. The molecule has 0 unspecified atom stereocenters. The van der Waals surface area contributed by atoms with Crippen LogP contribution in [0.5, 0.6) is 11.5 Å². The summed E-state index contributed by atoms with van der Waals surface area (Å²) in [6, 6.07) is 9.99. The Labute approximate surface area is 167 Å². The molecule has 27 heavy (non-hydrogen) atoms. The number of aromatic nitrogens is 1. The SMILES string of the molecule is COc1cc(C=Cc2nc(-c3ccc(F)cc3)cs2)cc(Cl)c1OC(C)C. The highest BCUT2D eigenvalue weighted by molar-refractivity contribution is 7.10. The van der Waals surface area contributed by atoms with Crippen LogP contribution in [-0.4, -0.2) is 18.2 Å². The topological polar surface area (TPSA) is 31.4 Å². The summed E-state index contributed by atoms with van der Waals surface area (Å²) in [5, 5.41) is 3.28. The van der Waals surface area contributed by atoms with E-state index in [1.54, 1.807) is 19.2 Å². The van der Waals surface area contributed by atoms with Crippen LogP contribution < -0.4 is 9.47 Å². The molecule has 140 valence electrons. The molecule has 0 spiro atoms. The molecular weight excluding hydrogens is 385 g/mol. The molecule has 6 heteroatoms. The van der Waals surface area contributed by atoms with Gasteiger partial charge in [0.05, 0.1) is 23.9 Å². The number of methoxy groups -OCH3 is 1. The Hall–Kier alpha value is -2.37. The van der Waals surface area contributed by atoms with E-state index >= 15 is 0 Å². The summed E-state index contributed by atoms with van der Waals surface area (Å²) in [7, 11) is 1.59. The second-order valence-electron chi connectivity index (χ2n) is 6.11. The number of thiazole rings is 1. The van der Waals surface area contributed by atoms with Gasteiger partial charge < -0.3 is 9.47 Å². The summed E-state index contributed by atoms with van der Waals surface area (Å²) in [6.07, 6.45) is 3.82. The molecule has 0 aliphatic heterocycles. The van der Waals surface area contributed by atoms with E-state index < -0.39 is 0 Å². The first-order valence-electron chi connectivity index (χ1n) is 8.40. The second-order valence-corrected chi connectivity index (χ2v) is 7.41. The predicted octanol–water partition coefficient (Wildman–Crippen LogP) is 6.57. The fourth-order valence-corrected chi connectivity index (χ4v) is 3.45. The highest BCUT2D eigenvalue weighted by atomic mass is 35.5. The van der Waals surface area contributed by atoms with Crippen molar-refractivity contribution < 1.29 is 13.9 Å². The molecule has 0 bridgehead atoms. The largest absolute Gasteiger partial charge is 0.493 e. The average Bonchev–Trinajstić information content (AvgIpc) is 3.11. The van der Waals surface area contributed by atoms with Gasteiger partial charge in [-0.15, -0.1) is 11.3 Å². The van der Waals surface area contributed by atoms with Gasteiger partial charge in [-0.1, -0.05) is 17.7 Å². The molecule has 3 rings (SSSR count). The summed E-state index contributed by atoms with van der Waals surface area (Å²) < 4.78 is 24.2. The van der Waals surface area contributed by atoms with E-state index in [0.717, 1.165) is 21.8 Å². The van der Waals surface area contributed by atoms with Crippen LogP contribution in [0, 0.1) is 5.82 Å². The van der Waals surface area contributed by atoms with Gasteiger partial charge in [0, 0.05) is 10.9 Å². The Morgan fingerprint density at radius 1 is 1.15 bits per heavy atom. The number of hydrogen-bond acceptors (Lipinski definition) is 4. The highest BCUT2D eigenvalue weighted by Gasteiger charge is 2.12. The van der Waals surface area contributed by atoms with Gasteiger partial charge in [0.2, 0.25) is 0 Å². The number of benzene rings is 2. The van der Waals surface area contributed by atoms with Crippen LogP contribution >= 0.6 is 22.9 Å². The molecule has 2 aromatic carbocycles. The van der Waals surface area contributed by atoms with E-state index in [4.69, 9.17) is 21.1 Å². The number of hydrogen-bond donors (Lipinski definition) is 0. The molecular formula is C21H19ClFNO2S. The third-order valence-corrected chi connectivity index (χ3v) is 4.78. The Kier molecular flexibility index (Phi) is 6.14. The number of halogens is 2. The second kappa shape index (κ2) is 8.55. The van der Waals surface area contributed by atoms with Gasteiger partial charge in [-0.05, 0) is 61.9 Å². The van der Waals surface area contributed by atoms with Gasteiger partial charge in [-0.25, -0.2) is 9.37 Å². The monoisotopic (exact) mass is 403 g/mol. The van der Waals surface area contributed by atoms with E-state index in [0.29, 0.717) is 16.5 Å². The molecule has 0 saturated carbocycles. The van der Waals surface area contributed by atoms with Crippen LogP contribution in [0.2, 0.25) is 5.02 Å². The highest BCUT2D eigenvalue weighted by Crippen LogP contribution is 2.37. The molecule has 0 fully saturated rings. The van der Waals surface area contributed by atoms with Crippen LogP contribution in [0.1, 0.15) is 24.4 Å². The predicted molar refractivity (Wildman–Crippen MR) is 110 cm³/mol.